The van der Waals surface area contributed by atoms with Crippen molar-refractivity contribution < 1.29 is 19.5 Å². The van der Waals surface area contributed by atoms with Crippen molar-refractivity contribution in [1.29, 1.82) is 0 Å². The molecule has 24 heavy (non-hydrogen) atoms. The topological polar surface area (TPSA) is 99.6 Å². The molecule has 0 aliphatic carbocycles. The van der Waals surface area contributed by atoms with Gasteiger partial charge in [-0.15, -0.1) is 0 Å². The lowest BCUT2D eigenvalue weighted by molar-refractivity contribution is -0.126. The predicted octanol–water partition coefficient (Wildman–Crippen LogP) is 1.47. The number of hydrogen-bond donors (Lipinski definition) is 2. The van der Waals surface area contributed by atoms with E-state index < -0.39 is 5.97 Å². The van der Waals surface area contributed by atoms with Gasteiger partial charge in [0, 0.05) is 19.6 Å². The fourth-order valence-corrected chi connectivity index (χ4v) is 2.84. The molecule has 0 spiro atoms. The number of carbonyl (C=O) groups excluding carboxylic acids is 2. The number of aromatic nitrogens is 1. The van der Waals surface area contributed by atoms with Gasteiger partial charge in [-0.1, -0.05) is 6.92 Å². The van der Waals surface area contributed by atoms with Crippen molar-refractivity contribution in [2.24, 2.45) is 5.92 Å². The van der Waals surface area contributed by atoms with Crippen LogP contribution < -0.4 is 5.32 Å². The Morgan fingerprint density at radius 3 is 2.75 bits per heavy atom. The molecule has 0 bridgehead atoms. The van der Waals surface area contributed by atoms with Gasteiger partial charge in [-0.3, -0.25) is 9.59 Å². The van der Waals surface area contributed by atoms with Crippen LogP contribution >= 0.6 is 0 Å². The van der Waals surface area contributed by atoms with Crippen LogP contribution in [-0.4, -0.2) is 52.4 Å². The van der Waals surface area contributed by atoms with Gasteiger partial charge in [0.25, 0.3) is 5.91 Å². The third-order valence-electron chi connectivity index (χ3n) is 4.16. The first-order valence-electron chi connectivity index (χ1n) is 8.22. The summed E-state index contributed by atoms with van der Waals surface area (Å²) in [6, 6.07) is 2.83. The molecule has 0 radical (unpaired) electrons. The van der Waals surface area contributed by atoms with Crippen LogP contribution in [0, 0.1) is 12.8 Å². The number of pyridine rings is 1. The minimum Gasteiger partial charge on any atom is -0.478 e. The maximum Gasteiger partial charge on any atom is 0.337 e. The Morgan fingerprint density at radius 2 is 2.12 bits per heavy atom. The molecule has 0 aromatic carbocycles. The van der Waals surface area contributed by atoms with Crippen molar-refractivity contribution in [2.75, 3.05) is 19.6 Å². The summed E-state index contributed by atoms with van der Waals surface area (Å²) in [6.45, 7) is 5.15. The minimum atomic E-state index is -1.07. The van der Waals surface area contributed by atoms with Crippen molar-refractivity contribution in [3.8, 4) is 0 Å². The second-order valence-corrected chi connectivity index (χ2v) is 6.02. The number of nitrogens with zero attached hydrogens (tertiary/aromatic N) is 2. The van der Waals surface area contributed by atoms with E-state index in [0.717, 1.165) is 19.3 Å². The summed E-state index contributed by atoms with van der Waals surface area (Å²) < 4.78 is 0. The number of rotatable bonds is 5. The van der Waals surface area contributed by atoms with Crippen LogP contribution in [0.15, 0.2) is 12.1 Å². The van der Waals surface area contributed by atoms with E-state index in [2.05, 4.69) is 10.3 Å². The van der Waals surface area contributed by atoms with Crippen molar-refractivity contribution in [3.05, 3.63) is 29.1 Å². The number of piperidine rings is 1. The lowest BCUT2D eigenvalue weighted by Crippen LogP contribution is -2.45. The first kappa shape index (κ1) is 17.9. The average molecular weight is 333 g/mol. The van der Waals surface area contributed by atoms with Gasteiger partial charge in [-0.05, 0) is 38.3 Å². The zero-order valence-corrected chi connectivity index (χ0v) is 14.0. The molecule has 7 heteroatoms. The molecule has 0 saturated carbocycles. The summed E-state index contributed by atoms with van der Waals surface area (Å²) in [5, 5.41) is 11.9. The predicted molar refractivity (Wildman–Crippen MR) is 87.9 cm³/mol. The van der Waals surface area contributed by atoms with Gasteiger partial charge in [0.2, 0.25) is 5.91 Å². The molecule has 2 rings (SSSR count). The first-order valence-corrected chi connectivity index (χ1v) is 8.22. The Morgan fingerprint density at radius 1 is 1.38 bits per heavy atom. The van der Waals surface area contributed by atoms with Crippen LogP contribution in [0.2, 0.25) is 0 Å². The van der Waals surface area contributed by atoms with E-state index in [1.807, 2.05) is 6.92 Å². The van der Waals surface area contributed by atoms with Gasteiger partial charge in [0.05, 0.1) is 17.2 Å². The van der Waals surface area contributed by atoms with Crippen LogP contribution in [0.3, 0.4) is 0 Å². The summed E-state index contributed by atoms with van der Waals surface area (Å²) in [5.41, 5.74) is 0.608. The molecule has 1 aromatic heterocycles. The van der Waals surface area contributed by atoms with Crippen LogP contribution in [0.25, 0.3) is 0 Å². The SMILES string of the molecule is CCCNC(=O)C1CCCN(C(=O)c2ccc(C(=O)O)c(C)n2)C1. The monoisotopic (exact) mass is 333 g/mol. The summed E-state index contributed by atoms with van der Waals surface area (Å²) in [5.74, 6) is -1.54. The molecule has 1 atom stereocenters. The number of aromatic carboxylic acids is 1. The average Bonchev–Trinajstić information content (AvgIpc) is 2.58. The minimum absolute atomic E-state index is 0.0142. The van der Waals surface area contributed by atoms with Gasteiger partial charge in [0.1, 0.15) is 5.69 Å². The quantitative estimate of drug-likeness (QED) is 0.850. The Balaban J connectivity index is 2.07. The van der Waals surface area contributed by atoms with Gasteiger partial charge in [0.15, 0.2) is 0 Å². The molecule has 1 saturated heterocycles. The summed E-state index contributed by atoms with van der Waals surface area (Å²) >= 11 is 0. The third kappa shape index (κ3) is 4.10. The van der Waals surface area contributed by atoms with Gasteiger partial charge >= 0.3 is 5.97 Å². The summed E-state index contributed by atoms with van der Waals surface area (Å²) in [6.07, 6.45) is 2.41. The number of hydrogen-bond acceptors (Lipinski definition) is 4. The van der Waals surface area contributed by atoms with Crippen LogP contribution in [0.1, 0.15) is 52.7 Å². The maximum atomic E-state index is 12.6. The molecular formula is C17H23N3O4. The van der Waals surface area contributed by atoms with Crippen molar-refractivity contribution in [3.63, 3.8) is 0 Å². The van der Waals surface area contributed by atoms with Crippen molar-refractivity contribution in [2.45, 2.75) is 33.1 Å². The molecule has 2 amide bonds. The van der Waals surface area contributed by atoms with Crippen LogP contribution in [-0.2, 0) is 4.79 Å². The Hall–Kier alpha value is -2.44. The van der Waals surface area contributed by atoms with Gasteiger partial charge < -0.3 is 15.3 Å². The lowest BCUT2D eigenvalue weighted by Gasteiger charge is -2.32. The molecule has 1 aliphatic heterocycles. The lowest BCUT2D eigenvalue weighted by atomic mass is 9.96. The number of likely N-dealkylation sites (tertiary alicyclic amines) is 1. The van der Waals surface area contributed by atoms with E-state index in [1.54, 1.807) is 11.8 Å². The molecule has 1 aromatic rings. The highest BCUT2D eigenvalue weighted by Crippen LogP contribution is 2.19. The normalized spacial score (nSPS) is 17.4. The van der Waals surface area contributed by atoms with Crippen molar-refractivity contribution in [1.82, 2.24) is 15.2 Å². The highest BCUT2D eigenvalue weighted by Gasteiger charge is 2.29. The fraction of sp³-hybridized carbons (Fsp3) is 0.529. The smallest absolute Gasteiger partial charge is 0.337 e. The second kappa shape index (κ2) is 7.90. The fourth-order valence-electron chi connectivity index (χ4n) is 2.84. The van der Waals surface area contributed by atoms with E-state index in [-0.39, 0.29) is 29.0 Å². The molecular weight excluding hydrogens is 310 g/mol. The standard InChI is InChI=1S/C17H23N3O4/c1-3-8-18-15(21)12-5-4-9-20(10-12)16(22)14-7-6-13(17(23)24)11(2)19-14/h6-7,12H,3-5,8-10H2,1-2H3,(H,18,21)(H,23,24). The Bertz CT molecular complexity index is 645. The van der Waals surface area contributed by atoms with E-state index in [4.69, 9.17) is 5.11 Å². The number of aryl methyl sites for hydroxylation is 1. The van der Waals surface area contributed by atoms with E-state index in [1.165, 1.54) is 12.1 Å². The highest BCUT2D eigenvalue weighted by atomic mass is 16.4. The van der Waals surface area contributed by atoms with Crippen LogP contribution in [0.4, 0.5) is 0 Å². The highest BCUT2D eigenvalue weighted by molar-refractivity contribution is 5.95. The van der Waals surface area contributed by atoms with E-state index in [0.29, 0.717) is 25.3 Å². The number of nitrogens with one attached hydrogen (secondary N) is 1. The Kier molecular flexibility index (Phi) is 5.89. The van der Waals surface area contributed by atoms with E-state index >= 15 is 0 Å². The van der Waals surface area contributed by atoms with Gasteiger partial charge in [-0.2, -0.15) is 0 Å². The molecule has 130 valence electrons. The Labute approximate surface area is 141 Å². The molecule has 2 N–H and O–H groups in total. The zero-order chi connectivity index (χ0) is 17.7. The number of carbonyl (C=O) groups is 3. The molecule has 1 fully saturated rings. The summed E-state index contributed by atoms with van der Waals surface area (Å²) in [4.78, 5) is 41.5. The number of carboxylic acids is 1. The molecule has 1 unspecified atom stereocenters. The number of carboxylic acid groups (broad SMARTS) is 1. The van der Waals surface area contributed by atoms with E-state index in [9.17, 15) is 14.4 Å². The zero-order valence-electron chi connectivity index (χ0n) is 14.0. The van der Waals surface area contributed by atoms with Crippen LogP contribution in [0.5, 0.6) is 0 Å². The van der Waals surface area contributed by atoms with Crippen molar-refractivity contribution >= 4 is 17.8 Å². The van der Waals surface area contributed by atoms with Gasteiger partial charge in [-0.25, -0.2) is 9.78 Å². The molecule has 1 aliphatic rings. The third-order valence-corrected chi connectivity index (χ3v) is 4.16. The summed E-state index contributed by atoms with van der Waals surface area (Å²) in [7, 11) is 0. The molecule has 7 nitrogen and oxygen atoms in total. The molecule has 2 heterocycles. The maximum absolute atomic E-state index is 12.6. The largest absolute Gasteiger partial charge is 0.478 e. The second-order valence-electron chi connectivity index (χ2n) is 6.02. The number of amides is 2. The first-order chi connectivity index (χ1) is 11.4.